The van der Waals surface area contributed by atoms with Gasteiger partial charge in [0.15, 0.2) is 5.82 Å². The number of rotatable bonds is 6. The summed E-state index contributed by atoms with van der Waals surface area (Å²) in [4.78, 5) is 16.4. The fourth-order valence-corrected chi connectivity index (χ4v) is 2.28. The molecule has 1 amide bonds. The van der Waals surface area contributed by atoms with E-state index in [4.69, 9.17) is 0 Å². The summed E-state index contributed by atoms with van der Waals surface area (Å²) in [5, 5.41) is 16.6. The van der Waals surface area contributed by atoms with Gasteiger partial charge in [-0.25, -0.2) is 0 Å². The molecule has 0 bridgehead atoms. The van der Waals surface area contributed by atoms with Gasteiger partial charge in [-0.15, -0.1) is 10.2 Å². The van der Waals surface area contributed by atoms with Crippen LogP contribution in [-0.4, -0.2) is 82.6 Å². The molecule has 0 radical (unpaired) electrons. The van der Waals surface area contributed by atoms with E-state index < -0.39 is 0 Å². The number of aryl methyl sites for hydroxylation is 1. The number of tetrazole rings is 1. The third-order valence-electron chi connectivity index (χ3n) is 3.47. The van der Waals surface area contributed by atoms with Crippen molar-refractivity contribution in [3.8, 4) is 0 Å². The number of carbonyl (C=O) groups is 1. The van der Waals surface area contributed by atoms with Crippen LogP contribution in [0.4, 0.5) is 0 Å². The summed E-state index contributed by atoms with van der Waals surface area (Å²) in [6.45, 7) is 5.26. The van der Waals surface area contributed by atoms with Crippen LogP contribution >= 0.6 is 0 Å². The largest absolute Gasteiger partial charge is 0.355 e. The molecule has 8 heteroatoms. The Kier molecular flexibility index (Phi) is 5.87. The van der Waals surface area contributed by atoms with Crippen LogP contribution in [-0.2, 0) is 11.2 Å². The fourth-order valence-electron chi connectivity index (χ4n) is 2.28. The first kappa shape index (κ1) is 14.9. The number of likely N-dealkylation sites (N-methyl/N-ethyl adjacent to an activating group) is 1. The quantitative estimate of drug-likeness (QED) is 0.642. The number of nitrogens with zero attached hydrogens (tertiary/aromatic N) is 5. The van der Waals surface area contributed by atoms with Gasteiger partial charge in [-0.1, -0.05) is 5.21 Å². The molecule has 0 aliphatic carbocycles. The highest BCUT2D eigenvalue weighted by Gasteiger charge is 2.14. The van der Waals surface area contributed by atoms with Crippen molar-refractivity contribution in [2.75, 3.05) is 46.3 Å². The van der Waals surface area contributed by atoms with Crippen LogP contribution in [0.5, 0.6) is 0 Å². The third kappa shape index (κ3) is 5.22. The van der Waals surface area contributed by atoms with Crippen molar-refractivity contribution in [3.05, 3.63) is 5.82 Å². The predicted octanol–water partition coefficient (Wildman–Crippen LogP) is -1.11. The van der Waals surface area contributed by atoms with Crippen molar-refractivity contribution in [3.63, 3.8) is 0 Å². The van der Waals surface area contributed by atoms with E-state index in [0.29, 0.717) is 18.9 Å². The highest BCUT2D eigenvalue weighted by molar-refractivity contribution is 5.77. The second kappa shape index (κ2) is 7.91. The Bertz CT molecular complexity index is 395. The first-order valence-electron chi connectivity index (χ1n) is 7.14. The van der Waals surface area contributed by atoms with Crippen LogP contribution in [0.2, 0.25) is 0 Å². The van der Waals surface area contributed by atoms with Crippen molar-refractivity contribution in [2.24, 2.45) is 0 Å². The van der Waals surface area contributed by atoms with E-state index in [1.807, 2.05) is 0 Å². The zero-order valence-corrected chi connectivity index (χ0v) is 12.0. The zero-order valence-electron chi connectivity index (χ0n) is 12.0. The van der Waals surface area contributed by atoms with E-state index in [-0.39, 0.29) is 5.91 Å². The van der Waals surface area contributed by atoms with Gasteiger partial charge in [0.2, 0.25) is 5.91 Å². The van der Waals surface area contributed by atoms with Crippen molar-refractivity contribution in [1.29, 1.82) is 0 Å². The molecule has 2 heterocycles. The van der Waals surface area contributed by atoms with Gasteiger partial charge in [-0.2, -0.15) is 5.21 Å². The monoisotopic (exact) mass is 281 g/mol. The van der Waals surface area contributed by atoms with E-state index in [2.05, 4.69) is 42.8 Å². The molecule has 0 unspecified atom stereocenters. The summed E-state index contributed by atoms with van der Waals surface area (Å²) in [6.07, 6.45) is 2.68. The Labute approximate surface area is 118 Å². The first-order valence-corrected chi connectivity index (χ1v) is 7.14. The standard InChI is InChI=1S/C12H23N7O/c1-18-6-3-7-19(9-8-18)10-12(20)13-5-2-4-11-14-16-17-15-11/h2-10H2,1H3,(H,13,20)(H,14,15,16,17). The van der Waals surface area contributed by atoms with Crippen LogP contribution in [0.25, 0.3) is 0 Å². The summed E-state index contributed by atoms with van der Waals surface area (Å²) >= 11 is 0. The summed E-state index contributed by atoms with van der Waals surface area (Å²) in [5.41, 5.74) is 0. The second-order valence-corrected chi connectivity index (χ2v) is 5.21. The van der Waals surface area contributed by atoms with Gasteiger partial charge in [0.1, 0.15) is 0 Å². The minimum atomic E-state index is 0.0997. The van der Waals surface area contributed by atoms with Crippen LogP contribution in [0, 0.1) is 0 Å². The molecule has 1 saturated heterocycles. The van der Waals surface area contributed by atoms with Crippen LogP contribution in [0.15, 0.2) is 0 Å². The van der Waals surface area contributed by atoms with Crippen LogP contribution in [0.3, 0.4) is 0 Å². The molecule has 1 aliphatic rings. The maximum Gasteiger partial charge on any atom is 0.234 e. The number of carbonyl (C=O) groups excluding carboxylic acids is 1. The average molecular weight is 281 g/mol. The van der Waals surface area contributed by atoms with E-state index >= 15 is 0 Å². The lowest BCUT2D eigenvalue weighted by atomic mass is 10.3. The lowest BCUT2D eigenvalue weighted by molar-refractivity contribution is -0.122. The highest BCUT2D eigenvalue weighted by atomic mass is 16.2. The molecule has 1 aromatic heterocycles. The second-order valence-electron chi connectivity index (χ2n) is 5.21. The Morgan fingerprint density at radius 1 is 1.35 bits per heavy atom. The van der Waals surface area contributed by atoms with E-state index in [1.165, 1.54) is 0 Å². The van der Waals surface area contributed by atoms with Crippen molar-refractivity contribution in [2.45, 2.75) is 19.3 Å². The molecule has 2 N–H and O–H groups in total. The molecule has 1 fully saturated rings. The smallest absolute Gasteiger partial charge is 0.234 e. The minimum Gasteiger partial charge on any atom is -0.355 e. The molecule has 8 nitrogen and oxygen atoms in total. The van der Waals surface area contributed by atoms with E-state index in [1.54, 1.807) is 0 Å². The summed E-state index contributed by atoms with van der Waals surface area (Å²) in [6, 6.07) is 0. The van der Waals surface area contributed by atoms with Crippen LogP contribution in [0.1, 0.15) is 18.7 Å². The fraction of sp³-hybridized carbons (Fsp3) is 0.833. The molecule has 2 rings (SSSR count). The molecule has 0 atom stereocenters. The molecule has 112 valence electrons. The molecule has 0 saturated carbocycles. The Morgan fingerprint density at radius 2 is 2.25 bits per heavy atom. The van der Waals surface area contributed by atoms with E-state index in [0.717, 1.165) is 45.4 Å². The predicted molar refractivity (Wildman–Crippen MR) is 74.1 cm³/mol. The summed E-state index contributed by atoms with van der Waals surface area (Å²) < 4.78 is 0. The van der Waals surface area contributed by atoms with Gasteiger partial charge in [-0.05, 0) is 33.0 Å². The van der Waals surface area contributed by atoms with Gasteiger partial charge >= 0.3 is 0 Å². The Balaban J connectivity index is 1.57. The minimum absolute atomic E-state index is 0.0997. The van der Waals surface area contributed by atoms with Gasteiger partial charge in [0.25, 0.3) is 0 Å². The lowest BCUT2D eigenvalue weighted by Crippen LogP contribution is -2.39. The molecular formula is C12H23N7O. The highest BCUT2D eigenvalue weighted by Crippen LogP contribution is 2.00. The first-order chi connectivity index (χ1) is 9.74. The number of aromatic nitrogens is 4. The number of H-pyrrole nitrogens is 1. The zero-order chi connectivity index (χ0) is 14.2. The summed E-state index contributed by atoms with van der Waals surface area (Å²) in [5.74, 6) is 0.789. The molecule has 0 spiro atoms. The van der Waals surface area contributed by atoms with Gasteiger partial charge in [-0.3, -0.25) is 9.69 Å². The molecule has 20 heavy (non-hydrogen) atoms. The molecule has 1 aliphatic heterocycles. The maximum atomic E-state index is 11.9. The molecular weight excluding hydrogens is 258 g/mol. The van der Waals surface area contributed by atoms with Crippen molar-refractivity contribution >= 4 is 5.91 Å². The number of amides is 1. The van der Waals surface area contributed by atoms with Crippen LogP contribution < -0.4 is 5.32 Å². The number of hydrogen-bond acceptors (Lipinski definition) is 6. The molecule has 1 aromatic rings. The van der Waals surface area contributed by atoms with Crippen molar-refractivity contribution < 1.29 is 4.79 Å². The third-order valence-corrected chi connectivity index (χ3v) is 3.47. The normalized spacial score (nSPS) is 17.9. The van der Waals surface area contributed by atoms with E-state index in [9.17, 15) is 4.79 Å². The lowest BCUT2D eigenvalue weighted by Gasteiger charge is -2.19. The average Bonchev–Trinajstić information content (AvgIpc) is 2.86. The van der Waals surface area contributed by atoms with Gasteiger partial charge in [0, 0.05) is 26.1 Å². The van der Waals surface area contributed by atoms with Crippen molar-refractivity contribution in [1.82, 2.24) is 35.7 Å². The van der Waals surface area contributed by atoms with Gasteiger partial charge < -0.3 is 10.2 Å². The SMILES string of the molecule is CN1CCCN(CC(=O)NCCCc2nn[nH]n2)CC1. The number of aromatic amines is 1. The maximum absolute atomic E-state index is 11.9. The van der Waals surface area contributed by atoms with Gasteiger partial charge in [0.05, 0.1) is 6.54 Å². The Morgan fingerprint density at radius 3 is 3.05 bits per heavy atom. The number of hydrogen-bond donors (Lipinski definition) is 2. The topological polar surface area (TPSA) is 90.0 Å². The Hall–Kier alpha value is -1.54. The molecule has 0 aromatic carbocycles. The number of nitrogens with one attached hydrogen (secondary N) is 2. The summed E-state index contributed by atoms with van der Waals surface area (Å²) in [7, 11) is 2.13.